The van der Waals surface area contributed by atoms with E-state index in [-0.39, 0.29) is 0 Å². The van der Waals surface area contributed by atoms with E-state index in [9.17, 15) is 5.11 Å². The number of nitrogens with zero attached hydrogens (tertiary/aromatic N) is 3. The van der Waals surface area contributed by atoms with Gasteiger partial charge in [0, 0.05) is 13.1 Å². The number of piperidine rings is 1. The molecule has 0 radical (unpaired) electrons. The maximum atomic E-state index is 11.1. The van der Waals surface area contributed by atoms with Crippen LogP contribution in [0.25, 0.3) is 10.2 Å². The van der Waals surface area contributed by atoms with Crippen molar-refractivity contribution >= 4 is 27.4 Å². The Bertz CT molecular complexity index is 864. The van der Waals surface area contributed by atoms with Crippen molar-refractivity contribution in [3.63, 3.8) is 0 Å². The van der Waals surface area contributed by atoms with Gasteiger partial charge in [-0.05, 0) is 43.2 Å². The lowest BCUT2D eigenvalue weighted by molar-refractivity contribution is 0.0117. The number of rotatable bonds is 2. The molecule has 1 saturated heterocycles. The van der Waals surface area contributed by atoms with E-state index in [1.807, 2.05) is 0 Å². The summed E-state index contributed by atoms with van der Waals surface area (Å²) in [7, 11) is 0. The molecule has 3 aromatic rings. The van der Waals surface area contributed by atoms with E-state index in [0.717, 1.165) is 34.7 Å². The van der Waals surface area contributed by atoms with Gasteiger partial charge in [-0.15, -0.1) is 11.3 Å². The predicted molar refractivity (Wildman–Crippen MR) is 98.7 cm³/mol. The van der Waals surface area contributed by atoms with E-state index in [1.165, 1.54) is 11.1 Å². The Morgan fingerprint density at radius 3 is 2.50 bits per heavy atom. The molecule has 1 fully saturated rings. The quantitative estimate of drug-likeness (QED) is 0.771. The van der Waals surface area contributed by atoms with Gasteiger partial charge in [0.05, 0.1) is 15.8 Å². The van der Waals surface area contributed by atoms with E-state index in [1.54, 1.807) is 17.7 Å². The fraction of sp³-hybridized carbons (Fsp3) is 0.368. The minimum atomic E-state index is -0.734. The van der Waals surface area contributed by atoms with Crippen LogP contribution in [0, 0.1) is 13.8 Å². The second-order valence-electron chi connectivity index (χ2n) is 6.68. The molecule has 4 nitrogen and oxygen atoms in total. The zero-order chi connectivity index (χ0) is 16.7. The second-order valence-corrected chi connectivity index (χ2v) is 7.56. The van der Waals surface area contributed by atoms with Crippen molar-refractivity contribution in [3.8, 4) is 0 Å². The maximum absolute atomic E-state index is 11.1. The molecule has 0 saturated carbocycles. The van der Waals surface area contributed by atoms with Gasteiger partial charge in [0.25, 0.3) is 0 Å². The summed E-state index contributed by atoms with van der Waals surface area (Å²) in [4.78, 5) is 11.2. The van der Waals surface area contributed by atoms with Crippen molar-refractivity contribution in [1.82, 2.24) is 9.97 Å². The Labute approximate surface area is 145 Å². The summed E-state index contributed by atoms with van der Waals surface area (Å²) >= 11 is 1.70. The molecule has 5 heteroatoms. The second kappa shape index (κ2) is 5.83. The number of aryl methyl sites for hydroxylation is 2. The SMILES string of the molecule is Cc1ccc(C2(O)CCN(c3ncnc4c(C)csc34)CC2)cc1. The van der Waals surface area contributed by atoms with E-state index in [2.05, 4.69) is 58.4 Å². The van der Waals surface area contributed by atoms with Crippen molar-refractivity contribution in [2.75, 3.05) is 18.0 Å². The Morgan fingerprint density at radius 2 is 1.79 bits per heavy atom. The molecular formula is C19H21N3OS. The highest BCUT2D eigenvalue weighted by molar-refractivity contribution is 7.18. The van der Waals surface area contributed by atoms with Gasteiger partial charge in [-0.2, -0.15) is 0 Å². The van der Waals surface area contributed by atoms with Gasteiger partial charge >= 0.3 is 0 Å². The van der Waals surface area contributed by atoms with Crippen LogP contribution in [0.4, 0.5) is 5.82 Å². The van der Waals surface area contributed by atoms with Crippen LogP contribution in [-0.2, 0) is 5.60 Å². The molecule has 124 valence electrons. The van der Waals surface area contributed by atoms with Crippen molar-refractivity contribution in [2.24, 2.45) is 0 Å². The summed E-state index contributed by atoms with van der Waals surface area (Å²) in [6.45, 7) is 5.75. The topological polar surface area (TPSA) is 49.2 Å². The molecule has 4 rings (SSSR count). The van der Waals surface area contributed by atoms with E-state index in [0.29, 0.717) is 12.8 Å². The Kier molecular flexibility index (Phi) is 3.77. The molecule has 1 aliphatic rings. The molecule has 3 heterocycles. The number of hydrogen-bond acceptors (Lipinski definition) is 5. The summed E-state index contributed by atoms with van der Waals surface area (Å²) in [5.74, 6) is 1.00. The third-order valence-electron chi connectivity index (χ3n) is 4.99. The fourth-order valence-electron chi connectivity index (χ4n) is 3.42. The number of benzene rings is 1. The van der Waals surface area contributed by atoms with Crippen LogP contribution >= 0.6 is 11.3 Å². The molecule has 1 aromatic carbocycles. The minimum absolute atomic E-state index is 0.714. The molecule has 0 aliphatic carbocycles. The predicted octanol–water partition coefficient (Wildman–Crippen LogP) is 3.80. The first-order valence-electron chi connectivity index (χ1n) is 8.30. The number of aromatic nitrogens is 2. The van der Waals surface area contributed by atoms with Crippen molar-refractivity contribution in [3.05, 3.63) is 52.7 Å². The molecule has 24 heavy (non-hydrogen) atoms. The molecular weight excluding hydrogens is 318 g/mol. The Balaban J connectivity index is 1.58. The van der Waals surface area contributed by atoms with E-state index in [4.69, 9.17) is 0 Å². The number of anilines is 1. The number of thiophene rings is 1. The average Bonchev–Trinajstić information content (AvgIpc) is 2.98. The van der Waals surface area contributed by atoms with Gasteiger partial charge < -0.3 is 10.0 Å². The van der Waals surface area contributed by atoms with Gasteiger partial charge in [0.1, 0.15) is 12.1 Å². The zero-order valence-electron chi connectivity index (χ0n) is 14.0. The molecule has 0 unspecified atom stereocenters. The first-order valence-corrected chi connectivity index (χ1v) is 9.18. The molecule has 2 aromatic heterocycles. The van der Waals surface area contributed by atoms with Crippen LogP contribution in [0.15, 0.2) is 36.0 Å². The van der Waals surface area contributed by atoms with Crippen LogP contribution in [0.1, 0.15) is 29.5 Å². The Hall–Kier alpha value is -1.98. The summed E-state index contributed by atoms with van der Waals surface area (Å²) in [6.07, 6.45) is 3.08. The van der Waals surface area contributed by atoms with E-state index >= 15 is 0 Å². The Morgan fingerprint density at radius 1 is 1.08 bits per heavy atom. The van der Waals surface area contributed by atoms with Crippen molar-refractivity contribution in [2.45, 2.75) is 32.3 Å². The molecule has 1 N–H and O–H groups in total. The van der Waals surface area contributed by atoms with Crippen LogP contribution < -0.4 is 4.90 Å². The highest BCUT2D eigenvalue weighted by Crippen LogP contribution is 2.37. The van der Waals surface area contributed by atoms with Gasteiger partial charge in [-0.1, -0.05) is 29.8 Å². The lowest BCUT2D eigenvalue weighted by Gasteiger charge is -2.39. The number of fused-ring (bicyclic) bond motifs is 1. The van der Waals surface area contributed by atoms with Crippen molar-refractivity contribution in [1.29, 1.82) is 0 Å². The standard InChI is InChI=1S/C19H21N3OS/c1-13-3-5-15(6-4-13)19(23)7-9-22(10-8-19)18-17-16(20-12-21-18)14(2)11-24-17/h3-6,11-12,23H,7-10H2,1-2H3. The van der Waals surface area contributed by atoms with Crippen LogP contribution in [0.5, 0.6) is 0 Å². The van der Waals surface area contributed by atoms with Crippen molar-refractivity contribution < 1.29 is 5.11 Å². The number of hydrogen-bond donors (Lipinski definition) is 1. The summed E-state index contributed by atoms with van der Waals surface area (Å²) in [6, 6.07) is 8.25. The van der Waals surface area contributed by atoms with Crippen LogP contribution in [0.3, 0.4) is 0 Å². The first kappa shape index (κ1) is 15.5. The monoisotopic (exact) mass is 339 g/mol. The average molecular weight is 339 g/mol. The lowest BCUT2D eigenvalue weighted by atomic mass is 9.84. The number of aliphatic hydroxyl groups is 1. The van der Waals surface area contributed by atoms with Crippen LogP contribution in [0.2, 0.25) is 0 Å². The van der Waals surface area contributed by atoms with Gasteiger partial charge in [0.2, 0.25) is 0 Å². The van der Waals surface area contributed by atoms with Gasteiger partial charge in [-0.3, -0.25) is 0 Å². The normalized spacial score (nSPS) is 17.4. The lowest BCUT2D eigenvalue weighted by Crippen LogP contribution is -2.43. The molecule has 0 bridgehead atoms. The summed E-state index contributed by atoms with van der Waals surface area (Å²) < 4.78 is 1.15. The van der Waals surface area contributed by atoms with Gasteiger partial charge in [0.15, 0.2) is 0 Å². The highest BCUT2D eigenvalue weighted by Gasteiger charge is 2.34. The zero-order valence-corrected chi connectivity index (χ0v) is 14.8. The van der Waals surface area contributed by atoms with E-state index < -0.39 is 5.60 Å². The van der Waals surface area contributed by atoms with Crippen LogP contribution in [-0.4, -0.2) is 28.2 Å². The summed E-state index contributed by atoms with van der Waals surface area (Å²) in [5, 5.41) is 13.2. The first-order chi connectivity index (χ1) is 11.6. The third-order valence-corrected chi connectivity index (χ3v) is 6.07. The third kappa shape index (κ3) is 2.58. The maximum Gasteiger partial charge on any atom is 0.150 e. The fourth-order valence-corrected chi connectivity index (χ4v) is 4.44. The van der Waals surface area contributed by atoms with Gasteiger partial charge in [-0.25, -0.2) is 9.97 Å². The highest BCUT2D eigenvalue weighted by atomic mass is 32.1. The minimum Gasteiger partial charge on any atom is -0.385 e. The molecule has 0 amide bonds. The molecule has 1 aliphatic heterocycles. The smallest absolute Gasteiger partial charge is 0.150 e. The molecule has 0 spiro atoms. The molecule has 0 atom stereocenters. The summed E-state index contributed by atoms with van der Waals surface area (Å²) in [5.41, 5.74) is 3.75. The largest absolute Gasteiger partial charge is 0.385 e.